The van der Waals surface area contributed by atoms with E-state index in [1.54, 1.807) is 0 Å². The zero-order valence-corrected chi connectivity index (χ0v) is 7.27. The van der Waals surface area contributed by atoms with E-state index in [1.165, 1.54) is 17.7 Å². The van der Waals surface area contributed by atoms with E-state index in [4.69, 9.17) is 4.74 Å². The number of aryl methyl sites for hydroxylation is 1. The largest absolute Gasteiger partial charge is 0.381 e. The van der Waals surface area contributed by atoms with Crippen molar-refractivity contribution in [2.75, 3.05) is 13.2 Å². The smallest absolute Gasteiger partial charge is 0.0516 e. The standard InChI is InChI=1S/C9H12OS/c1-2-9(11-5-1)4-3-8-6-10-7-8/h1-2,5,8H,3-4,6-7H2. The van der Waals surface area contributed by atoms with Crippen LogP contribution in [0.25, 0.3) is 0 Å². The number of hydrogen-bond donors (Lipinski definition) is 0. The second-order valence-electron chi connectivity index (χ2n) is 3.02. The van der Waals surface area contributed by atoms with Crippen molar-refractivity contribution in [1.29, 1.82) is 0 Å². The van der Waals surface area contributed by atoms with Gasteiger partial charge in [0.1, 0.15) is 0 Å². The van der Waals surface area contributed by atoms with Crippen LogP contribution in [0.4, 0.5) is 0 Å². The quantitative estimate of drug-likeness (QED) is 0.673. The van der Waals surface area contributed by atoms with Crippen LogP contribution in [-0.4, -0.2) is 13.2 Å². The third-order valence-electron chi connectivity index (χ3n) is 2.09. The Kier molecular flexibility index (Phi) is 2.24. The lowest BCUT2D eigenvalue weighted by atomic mass is 10.0. The van der Waals surface area contributed by atoms with Gasteiger partial charge in [-0.2, -0.15) is 0 Å². The summed E-state index contributed by atoms with van der Waals surface area (Å²) in [5.41, 5.74) is 0. The van der Waals surface area contributed by atoms with Crippen LogP contribution >= 0.6 is 11.3 Å². The molecule has 1 aliphatic rings. The maximum Gasteiger partial charge on any atom is 0.0516 e. The van der Waals surface area contributed by atoms with Gasteiger partial charge in [0, 0.05) is 10.8 Å². The fourth-order valence-corrected chi connectivity index (χ4v) is 1.98. The normalized spacial score (nSPS) is 18.2. The monoisotopic (exact) mass is 168 g/mol. The molecule has 2 rings (SSSR count). The molecule has 0 radical (unpaired) electrons. The molecule has 2 heteroatoms. The molecule has 1 aromatic heterocycles. The predicted molar refractivity (Wildman–Crippen MR) is 46.9 cm³/mol. The fraction of sp³-hybridized carbons (Fsp3) is 0.556. The minimum Gasteiger partial charge on any atom is -0.381 e. The summed E-state index contributed by atoms with van der Waals surface area (Å²) in [6.45, 7) is 1.98. The minimum absolute atomic E-state index is 0.845. The van der Waals surface area contributed by atoms with Gasteiger partial charge in [0.15, 0.2) is 0 Å². The summed E-state index contributed by atoms with van der Waals surface area (Å²) >= 11 is 1.86. The Morgan fingerprint density at radius 2 is 2.45 bits per heavy atom. The molecule has 1 aliphatic heterocycles. The van der Waals surface area contributed by atoms with E-state index in [2.05, 4.69) is 17.5 Å². The highest BCUT2D eigenvalue weighted by Gasteiger charge is 2.17. The Hall–Kier alpha value is -0.340. The summed E-state index contributed by atoms with van der Waals surface area (Å²) in [5, 5.41) is 2.15. The van der Waals surface area contributed by atoms with Gasteiger partial charge in [-0.25, -0.2) is 0 Å². The van der Waals surface area contributed by atoms with Crippen molar-refractivity contribution in [3.8, 4) is 0 Å². The van der Waals surface area contributed by atoms with Gasteiger partial charge in [0.05, 0.1) is 13.2 Å². The molecule has 0 N–H and O–H groups in total. The molecule has 1 aromatic rings. The van der Waals surface area contributed by atoms with E-state index in [1.807, 2.05) is 11.3 Å². The average Bonchev–Trinajstić information content (AvgIpc) is 2.36. The van der Waals surface area contributed by atoms with Gasteiger partial charge in [-0.05, 0) is 24.3 Å². The molecule has 0 aliphatic carbocycles. The molecule has 0 bridgehead atoms. The van der Waals surface area contributed by atoms with Crippen molar-refractivity contribution >= 4 is 11.3 Å². The van der Waals surface area contributed by atoms with Crippen LogP contribution in [0.2, 0.25) is 0 Å². The first-order valence-corrected chi connectivity index (χ1v) is 4.93. The first-order chi connectivity index (χ1) is 5.45. The van der Waals surface area contributed by atoms with E-state index < -0.39 is 0 Å². The Morgan fingerprint density at radius 3 is 3.00 bits per heavy atom. The first-order valence-electron chi connectivity index (χ1n) is 4.05. The van der Waals surface area contributed by atoms with Crippen LogP contribution < -0.4 is 0 Å². The van der Waals surface area contributed by atoms with Crippen LogP contribution in [0.1, 0.15) is 11.3 Å². The Morgan fingerprint density at radius 1 is 1.55 bits per heavy atom. The Balaban J connectivity index is 1.74. The second-order valence-corrected chi connectivity index (χ2v) is 4.05. The molecule has 1 nitrogen and oxygen atoms in total. The SMILES string of the molecule is c1csc(CCC2COC2)c1. The highest BCUT2D eigenvalue weighted by molar-refractivity contribution is 7.09. The fourth-order valence-electron chi connectivity index (χ4n) is 1.25. The number of ether oxygens (including phenoxy) is 1. The van der Waals surface area contributed by atoms with Gasteiger partial charge in [-0.3, -0.25) is 0 Å². The van der Waals surface area contributed by atoms with Gasteiger partial charge in [0.25, 0.3) is 0 Å². The highest BCUT2D eigenvalue weighted by Crippen LogP contribution is 2.19. The molecule has 0 spiro atoms. The lowest BCUT2D eigenvalue weighted by Gasteiger charge is -2.25. The zero-order valence-electron chi connectivity index (χ0n) is 6.45. The summed E-state index contributed by atoms with van der Waals surface area (Å²) in [6, 6.07) is 4.33. The predicted octanol–water partition coefficient (Wildman–Crippen LogP) is 2.33. The van der Waals surface area contributed by atoms with Gasteiger partial charge in [-0.1, -0.05) is 6.07 Å². The molecule has 0 amide bonds. The molecule has 1 fully saturated rings. The molecule has 11 heavy (non-hydrogen) atoms. The second kappa shape index (κ2) is 3.37. The molecule has 60 valence electrons. The molecular weight excluding hydrogens is 156 g/mol. The summed E-state index contributed by atoms with van der Waals surface area (Å²) in [7, 11) is 0. The lowest BCUT2D eigenvalue weighted by molar-refractivity contribution is -0.0351. The van der Waals surface area contributed by atoms with Gasteiger partial charge >= 0.3 is 0 Å². The molecule has 0 atom stereocenters. The van der Waals surface area contributed by atoms with Crippen molar-refractivity contribution in [2.24, 2.45) is 5.92 Å². The van der Waals surface area contributed by atoms with Crippen molar-refractivity contribution in [1.82, 2.24) is 0 Å². The van der Waals surface area contributed by atoms with Gasteiger partial charge < -0.3 is 4.74 Å². The van der Waals surface area contributed by atoms with E-state index in [0.29, 0.717) is 0 Å². The Labute approximate surface area is 71.0 Å². The molecule has 2 heterocycles. The van der Waals surface area contributed by atoms with E-state index in [-0.39, 0.29) is 0 Å². The van der Waals surface area contributed by atoms with Gasteiger partial charge in [-0.15, -0.1) is 11.3 Å². The van der Waals surface area contributed by atoms with E-state index in [9.17, 15) is 0 Å². The zero-order chi connectivity index (χ0) is 7.52. The minimum atomic E-state index is 0.845. The highest BCUT2D eigenvalue weighted by atomic mass is 32.1. The van der Waals surface area contributed by atoms with Crippen molar-refractivity contribution in [3.05, 3.63) is 22.4 Å². The molecule has 0 unspecified atom stereocenters. The third kappa shape index (κ3) is 1.82. The van der Waals surface area contributed by atoms with Crippen LogP contribution in [0.3, 0.4) is 0 Å². The van der Waals surface area contributed by atoms with Crippen molar-refractivity contribution in [2.45, 2.75) is 12.8 Å². The topological polar surface area (TPSA) is 9.23 Å². The maximum atomic E-state index is 5.11. The van der Waals surface area contributed by atoms with Crippen LogP contribution in [0.15, 0.2) is 17.5 Å². The average molecular weight is 168 g/mol. The summed E-state index contributed by atoms with van der Waals surface area (Å²) in [6.07, 6.45) is 2.55. The summed E-state index contributed by atoms with van der Waals surface area (Å²) < 4.78 is 5.11. The lowest BCUT2D eigenvalue weighted by Crippen LogP contribution is -2.27. The van der Waals surface area contributed by atoms with Crippen LogP contribution in [-0.2, 0) is 11.2 Å². The number of thiophene rings is 1. The molecule has 0 aromatic carbocycles. The third-order valence-corrected chi connectivity index (χ3v) is 3.02. The first kappa shape index (κ1) is 7.32. The van der Waals surface area contributed by atoms with Gasteiger partial charge in [0.2, 0.25) is 0 Å². The molecule has 1 saturated heterocycles. The van der Waals surface area contributed by atoms with Crippen LogP contribution in [0.5, 0.6) is 0 Å². The van der Waals surface area contributed by atoms with Crippen molar-refractivity contribution < 1.29 is 4.74 Å². The van der Waals surface area contributed by atoms with E-state index in [0.717, 1.165) is 19.1 Å². The molecular formula is C9H12OS. The maximum absolute atomic E-state index is 5.11. The summed E-state index contributed by atoms with van der Waals surface area (Å²) in [5.74, 6) is 0.845. The number of hydrogen-bond acceptors (Lipinski definition) is 2. The van der Waals surface area contributed by atoms with Crippen molar-refractivity contribution in [3.63, 3.8) is 0 Å². The number of rotatable bonds is 3. The Bertz CT molecular complexity index is 201. The molecule has 0 saturated carbocycles. The summed E-state index contributed by atoms with van der Waals surface area (Å²) in [4.78, 5) is 1.51. The van der Waals surface area contributed by atoms with E-state index >= 15 is 0 Å². The van der Waals surface area contributed by atoms with Crippen LogP contribution in [0, 0.1) is 5.92 Å².